The van der Waals surface area contributed by atoms with Crippen LogP contribution in [0.25, 0.3) is 0 Å². The van der Waals surface area contributed by atoms with Crippen molar-refractivity contribution in [3.05, 3.63) is 59.2 Å². The third kappa shape index (κ3) is 6.55. The molecule has 8 heteroatoms. The zero-order valence-electron chi connectivity index (χ0n) is 16.0. The summed E-state index contributed by atoms with van der Waals surface area (Å²) in [5, 5.41) is 2.50. The molecule has 0 aliphatic heterocycles. The van der Waals surface area contributed by atoms with E-state index in [4.69, 9.17) is 21.7 Å². The molecular formula is C20H23N3O4S. The van der Waals surface area contributed by atoms with Crippen molar-refractivity contribution in [2.75, 3.05) is 13.7 Å². The fraction of sp³-hybridized carbons (Fsp3) is 0.250. The van der Waals surface area contributed by atoms with Crippen LogP contribution in [0, 0.1) is 13.8 Å². The van der Waals surface area contributed by atoms with Gasteiger partial charge in [0.1, 0.15) is 11.5 Å². The van der Waals surface area contributed by atoms with Crippen LogP contribution in [0.1, 0.15) is 16.7 Å². The van der Waals surface area contributed by atoms with E-state index in [0.29, 0.717) is 11.5 Å². The Kier molecular flexibility index (Phi) is 7.76. The highest BCUT2D eigenvalue weighted by Gasteiger charge is 2.09. The number of benzene rings is 2. The highest BCUT2D eigenvalue weighted by Crippen LogP contribution is 2.20. The lowest BCUT2D eigenvalue weighted by atomic mass is 10.1. The number of amides is 2. The maximum atomic E-state index is 12.0. The number of ether oxygens (including phenoxy) is 2. The molecule has 0 bridgehead atoms. The zero-order chi connectivity index (χ0) is 20.5. The molecule has 0 aliphatic rings. The second kappa shape index (κ2) is 10.3. The lowest BCUT2D eigenvalue weighted by molar-refractivity contribution is -0.124. The Morgan fingerprint density at radius 1 is 1.00 bits per heavy atom. The van der Waals surface area contributed by atoms with E-state index < -0.39 is 5.91 Å². The fourth-order valence-electron chi connectivity index (χ4n) is 2.32. The second-order valence-corrected chi connectivity index (χ2v) is 6.47. The molecule has 0 spiro atoms. The predicted molar refractivity (Wildman–Crippen MR) is 110 cm³/mol. The molecule has 148 valence electrons. The Labute approximate surface area is 169 Å². The van der Waals surface area contributed by atoms with Crippen LogP contribution in [0.4, 0.5) is 0 Å². The van der Waals surface area contributed by atoms with Gasteiger partial charge in [-0.25, -0.2) is 0 Å². The molecule has 0 heterocycles. The van der Waals surface area contributed by atoms with Gasteiger partial charge in [0.25, 0.3) is 5.91 Å². The van der Waals surface area contributed by atoms with Gasteiger partial charge in [-0.05, 0) is 61.0 Å². The van der Waals surface area contributed by atoms with E-state index in [2.05, 4.69) is 16.2 Å². The van der Waals surface area contributed by atoms with Crippen LogP contribution in [-0.4, -0.2) is 30.6 Å². The minimum atomic E-state index is -0.423. The topological polar surface area (TPSA) is 88.7 Å². The van der Waals surface area contributed by atoms with E-state index in [1.165, 1.54) is 0 Å². The summed E-state index contributed by atoms with van der Waals surface area (Å²) in [5.74, 6) is 0.633. The molecular weight excluding hydrogens is 378 g/mol. The van der Waals surface area contributed by atoms with Gasteiger partial charge < -0.3 is 14.8 Å². The number of rotatable bonds is 6. The molecule has 2 amide bonds. The average Bonchev–Trinajstić information content (AvgIpc) is 2.68. The maximum absolute atomic E-state index is 12.0. The molecule has 0 aromatic heterocycles. The molecule has 2 aromatic carbocycles. The number of hydrazine groups is 1. The molecule has 2 aromatic rings. The van der Waals surface area contributed by atoms with Crippen molar-refractivity contribution in [2.45, 2.75) is 20.3 Å². The molecule has 7 nitrogen and oxygen atoms in total. The summed E-state index contributed by atoms with van der Waals surface area (Å²) in [6.07, 6.45) is 0.148. The number of nitrogens with one attached hydrogen (secondary N) is 3. The van der Waals surface area contributed by atoms with Gasteiger partial charge in [-0.2, -0.15) is 0 Å². The average molecular weight is 401 g/mol. The third-order valence-corrected chi connectivity index (χ3v) is 4.21. The van der Waals surface area contributed by atoms with Gasteiger partial charge in [0.15, 0.2) is 11.7 Å². The molecule has 0 unspecified atom stereocenters. The van der Waals surface area contributed by atoms with Crippen molar-refractivity contribution in [3.8, 4) is 11.5 Å². The molecule has 0 saturated carbocycles. The van der Waals surface area contributed by atoms with Crippen molar-refractivity contribution in [1.29, 1.82) is 0 Å². The molecule has 0 aliphatic carbocycles. The highest BCUT2D eigenvalue weighted by molar-refractivity contribution is 7.80. The number of aryl methyl sites for hydroxylation is 1. The minimum absolute atomic E-state index is 0.00130. The van der Waals surface area contributed by atoms with E-state index in [9.17, 15) is 9.59 Å². The van der Waals surface area contributed by atoms with Gasteiger partial charge in [-0.1, -0.05) is 24.3 Å². The van der Waals surface area contributed by atoms with Crippen molar-refractivity contribution < 1.29 is 19.1 Å². The van der Waals surface area contributed by atoms with E-state index in [1.807, 2.05) is 26.0 Å². The number of thiocarbonyl (C=S) groups is 1. The number of carbonyl (C=O) groups is 2. The lowest BCUT2D eigenvalue weighted by Crippen LogP contribution is -2.50. The van der Waals surface area contributed by atoms with E-state index in [-0.39, 0.29) is 24.0 Å². The molecule has 0 fully saturated rings. The lowest BCUT2D eigenvalue weighted by Gasteiger charge is -2.13. The van der Waals surface area contributed by atoms with E-state index >= 15 is 0 Å². The van der Waals surface area contributed by atoms with Crippen molar-refractivity contribution >= 4 is 29.1 Å². The van der Waals surface area contributed by atoms with Crippen LogP contribution in [0.5, 0.6) is 11.5 Å². The Balaban J connectivity index is 1.71. The van der Waals surface area contributed by atoms with Crippen LogP contribution in [0.15, 0.2) is 42.5 Å². The zero-order valence-corrected chi connectivity index (χ0v) is 16.8. The second-order valence-electron chi connectivity index (χ2n) is 6.06. The Morgan fingerprint density at radius 3 is 2.39 bits per heavy atom. The first-order valence-electron chi connectivity index (χ1n) is 8.59. The van der Waals surface area contributed by atoms with Gasteiger partial charge in [-0.3, -0.25) is 20.4 Å². The number of hydrogen-bond acceptors (Lipinski definition) is 5. The van der Waals surface area contributed by atoms with Gasteiger partial charge in [0.05, 0.1) is 13.5 Å². The molecule has 2 rings (SSSR count). The van der Waals surface area contributed by atoms with E-state index in [0.717, 1.165) is 16.7 Å². The maximum Gasteiger partial charge on any atom is 0.276 e. The Bertz CT molecular complexity index is 853. The quantitative estimate of drug-likeness (QED) is 0.507. The summed E-state index contributed by atoms with van der Waals surface area (Å²) < 4.78 is 10.6. The molecule has 0 saturated heterocycles. The summed E-state index contributed by atoms with van der Waals surface area (Å²) in [5.41, 5.74) is 7.73. The number of hydrogen-bond donors (Lipinski definition) is 3. The molecule has 0 radical (unpaired) electrons. The molecule has 28 heavy (non-hydrogen) atoms. The van der Waals surface area contributed by atoms with Crippen LogP contribution >= 0.6 is 12.2 Å². The van der Waals surface area contributed by atoms with Gasteiger partial charge in [0, 0.05) is 0 Å². The largest absolute Gasteiger partial charge is 0.497 e. The molecule has 0 atom stereocenters. The normalized spacial score (nSPS) is 9.96. The van der Waals surface area contributed by atoms with Gasteiger partial charge in [-0.15, -0.1) is 0 Å². The Hall–Kier alpha value is -3.13. The first kappa shape index (κ1) is 21.2. The van der Waals surface area contributed by atoms with Crippen LogP contribution < -0.4 is 25.6 Å². The van der Waals surface area contributed by atoms with Crippen LogP contribution in [-0.2, 0) is 16.0 Å². The summed E-state index contributed by atoms with van der Waals surface area (Å²) in [6.45, 7) is 3.71. The highest BCUT2D eigenvalue weighted by atomic mass is 32.1. The fourth-order valence-corrected chi connectivity index (χ4v) is 2.48. The summed E-state index contributed by atoms with van der Waals surface area (Å²) in [4.78, 5) is 23.9. The van der Waals surface area contributed by atoms with Crippen LogP contribution in [0.2, 0.25) is 0 Å². The SMILES string of the molecule is COc1ccc(CC(=O)NC(=S)NNC(=O)COc2cccc(C)c2C)cc1. The van der Waals surface area contributed by atoms with Crippen LogP contribution in [0.3, 0.4) is 0 Å². The van der Waals surface area contributed by atoms with Crippen molar-refractivity contribution in [1.82, 2.24) is 16.2 Å². The van der Waals surface area contributed by atoms with E-state index in [1.54, 1.807) is 37.4 Å². The molecule has 3 N–H and O–H groups in total. The predicted octanol–water partition coefficient (Wildman–Crippen LogP) is 1.96. The van der Waals surface area contributed by atoms with Gasteiger partial charge >= 0.3 is 0 Å². The third-order valence-electron chi connectivity index (χ3n) is 4.01. The summed E-state index contributed by atoms with van der Waals surface area (Å²) >= 11 is 5.00. The first-order chi connectivity index (χ1) is 13.4. The standard InChI is InChI=1S/C20H23N3O4S/c1-13-5-4-6-17(14(13)2)27-12-19(25)22-23-20(28)21-18(24)11-15-7-9-16(26-3)10-8-15/h4-10H,11-12H2,1-3H3,(H,22,25)(H2,21,23,24,28). The van der Waals surface area contributed by atoms with Gasteiger partial charge in [0.2, 0.25) is 5.91 Å². The first-order valence-corrected chi connectivity index (χ1v) is 9.00. The number of methoxy groups -OCH3 is 1. The van der Waals surface area contributed by atoms with Crippen molar-refractivity contribution in [3.63, 3.8) is 0 Å². The minimum Gasteiger partial charge on any atom is -0.497 e. The summed E-state index contributed by atoms with van der Waals surface area (Å²) in [6, 6.07) is 12.8. The van der Waals surface area contributed by atoms with Crippen molar-refractivity contribution in [2.24, 2.45) is 0 Å². The summed E-state index contributed by atoms with van der Waals surface area (Å²) in [7, 11) is 1.58. The smallest absolute Gasteiger partial charge is 0.276 e. The Morgan fingerprint density at radius 2 is 1.71 bits per heavy atom. The monoisotopic (exact) mass is 401 g/mol. The number of carbonyl (C=O) groups excluding carboxylic acids is 2.